The fourth-order valence-electron chi connectivity index (χ4n) is 4.53. The third-order valence-corrected chi connectivity index (χ3v) is 6.08. The molecule has 1 unspecified atom stereocenters. The Labute approximate surface area is 192 Å². The number of fused-ring (bicyclic) bond motifs is 1. The number of hydrogen-bond donors (Lipinski definition) is 1. The van der Waals surface area contributed by atoms with Crippen molar-refractivity contribution in [1.29, 1.82) is 0 Å². The monoisotopic (exact) mass is 441 g/mol. The van der Waals surface area contributed by atoms with E-state index in [0.29, 0.717) is 6.54 Å². The average molecular weight is 442 g/mol. The summed E-state index contributed by atoms with van der Waals surface area (Å²) in [5, 5.41) is 8.64. The van der Waals surface area contributed by atoms with Gasteiger partial charge in [-0.2, -0.15) is 5.10 Å². The Hall–Kier alpha value is -3.81. The fourth-order valence-corrected chi connectivity index (χ4v) is 4.53. The fraction of sp³-hybridized carbons (Fsp3) is 0.320. The van der Waals surface area contributed by atoms with Crippen LogP contribution in [0.4, 0.5) is 11.5 Å². The minimum absolute atomic E-state index is 0.0308. The van der Waals surface area contributed by atoms with Crippen LogP contribution in [0.2, 0.25) is 0 Å². The lowest BCUT2D eigenvalue weighted by atomic mass is 9.97. The molecule has 1 N–H and O–H groups in total. The zero-order valence-electron chi connectivity index (χ0n) is 19.1. The highest BCUT2D eigenvalue weighted by Crippen LogP contribution is 2.27. The van der Waals surface area contributed by atoms with Crippen molar-refractivity contribution in [2.24, 2.45) is 5.92 Å². The highest BCUT2D eigenvalue weighted by molar-refractivity contribution is 6.02. The first-order valence-corrected chi connectivity index (χ1v) is 11.3. The van der Waals surface area contributed by atoms with Crippen LogP contribution in [-0.2, 0) is 4.79 Å². The molecule has 33 heavy (non-hydrogen) atoms. The van der Waals surface area contributed by atoms with Gasteiger partial charge in [-0.3, -0.25) is 9.78 Å². The van der Waals surface area contributed by atoms with Gasteiger partial charge in [-0.1, -0.05) is 18.2 Å². The van der Waals surface area contributed by atoms with Crippen molar-refractivity contribution in [3.05, 3.63) is 65.9 Å². The van der Waals surface area contributed by atoms with Gasteiger partial charge in [-0.15, -0.1) is 0 Å². The molecule has 5 rings (SSSR count). The second-order valence-electron chi connectivity index (χ2n) is 8.68. The van der Waals surface area contributed by atoms with Gasteiger partial charge in [0.2, 0.25) is 5.91 Å². The van der Waals surface area contributed by atoms with E-state index < -0.39 is 0 Å². The van der Waals surface area contributed by atoms with Crippen LogP contribution in [0.25, 0.3) is 16.7 Å². The van der Waals surface area contributed by atoms with Crippen molar-refractivity contribution < 1.29 is 4.79 Å². The number of nitrogens with zero attached hydrogens (tertiary/aromatic N) is 6. The number of carbonyl (C=O) groups excluding carboxylic acids is 1. The van der Waals surface area contributed by atoms with Crippen LogP contribution in [0.15, 0.2) is 48.8 Å². The molecule has 1 saturated heterocycles. The predicted molar refractivity (Wildman–Crippen MR) is 129 cm³/mol. The minimum Gasteiger partial charge on any atom is -0.356 e. The number of benzene rings is 1. The Morgan fingerprint density at radius 1 is 1.03 bits per heavy atom. The summed E-state index contributed by atoms with van der Waals surface area (Å²) in [6.07, 6.45) is 3.34. The molecule has 1 aliphatic rings. The second kappa shape index (κ2) is 8.61. The van der Waals surface area contributed by atoms with E-state index in [9.17, 15) is 4.79 Å². The van der Waals surface area contributed by atoms with Crippen LogP contribution in [0.3, 0.4) is 0 Å². The molecule has 0 saturated carbocycles. The van der Waals surface area contributed by atoms with E-state index in [0.717, 1.165) is 64.7 Å². The molecular weight excluding hydrogens is 414 g/mol. The Kier molecular flexibility index (Phi) is 5.50. The van der Waals surface area contributed by atoms with Crippen LogP contribution < -0.4 is 10.2 Å². The van der Waals surface area contributed by atoms with Crippen molar-refractivity contribution >= 4 is 28.3 Å². The molecule has 0 radical (unpaired) electrons. The third kappa shape index (κ3) is 4.28. The molecule has 4 aromatic rings. The van der Waals surface area contributed by atoms with E-state index in [4.69, 9.17) is 0 Å². The zero-order valence-corrected chi connectivity index (χ0v) is 19.1. The number of aromatic nitrogens is 5. The molecule has 1 atom stereocenters. The topological polar surface area (TPSA) is 88.8 Å². The number of pyridine rings is 1. The maximum absolute atomic E-state index is 13.2. The van der Waals surface area contributed by atoms with E-state index in [1.165, 1.54) is 0 Å². The number of aryl methyl sites for hydroxylation is 3. The maximum Gasteiger partial charge on any atom is 0.229 e. The standard InChI is InChI=1S/C25H27N7O/c1-16-12-22(20-8-4-5-9-21(20)28-16)29-25(33)19-7-6-10-31(14-19)23-13-24(27-15-26-23)32-18(3)11-17(2)30-32/h4-5,8-9,11-13,15,19H,6-7,10,14H2,1-3H3,(H,28,29,33). The van der Waals surface area contributed by atoms with Crippen LogP contribution in [0.1, 0.15) is 29.9 Å². The van der Waals surface area contributed by atoms with E-state index in [-0.39, 0.29) is 11.8 Å². The van der Waals surface area contributed by atoms with E-state index in [2.05, 4.69) is 30.3 Å². The minimum atomic E-state index is -0.127. The van der Waals surface area contributed by atoms with Gasteiger partial charge in [-0.25, -0.2) is 14.6 Å². The largest absolute Gasteiger partial charge is 0.356 e. The number of carbonyl (C=O) groups is 1. The molecule has 168 valence electrons. The van der Waals surface area contributed by atoms with Crippen molar-refractivity contribution in [2.45, 2.75) is 33.6 Å². The predicted octanol–water partition coefficient (Wildman–Crippen LogP) is 3.99. The van der Waals surface area contributed by atoms with Crippen molar-refractivity contribution in [2.75, 3.05) is 23.3 Å². The third-order valence-electron chi connectivity index (χ3n) is 6.08. The van der Waals surface area contributed by atoms with Crippen LogP contribution in [0, 0.1) is 26.7 Å². The molecule has 0 spiro atoms. The number of hydrogen-bond acceptors (Lipinski definition) is 6. The van der Waals surface area contributed by atoms with Crippen molar-refractivity contribution in [1.82, 2.24) is 24.7 Å². The maximum atomic E-state index is 13.2. The normalized spacial score (nSPS) is 16.2. The first-order chi connectivity index (χ1) is 16.0. The zero-order chi connectivity index (χ0) is 22.9. The molecule has 1 amide bonds. The number of nitrogens with one attached hydrogen (secondary N) is 1. The molecule has 3 aromatic heterocycles. The highest BCUT2D eigenvalue weighted by atomic mass is 16.1. The first-order valence-electron chi connectivity index (χ1n) is 11.3. The average Bonchev–Trinajstić information content (AvgIpc) is 3.17. The molecule has 0 bridgehead atoms. The SMILES string of the molecule is Cc1cc(NC(=O)C2CCCN(c3cc(-n4nc(C)cc4C)ncn3)C2)c2ccccc2n1. The number of amides is 1. The summed E-state index contributed by atoms with van der Waals surface area (Å²) in [6, 6.07) is 13.8. The quantitative estimate of drug-likeness (QED) is 0.515. The van der Waals surface area contributed by atoms with Crippen molar-refractivity contribution in [3.63, 3.8) is 0 Å². The van der Waals surface area contributed by atoms with Gasteiger partial charge in [0.25, 0.3) is 0 Å². The van der Waals surface area contributed by atoms with Crippen molar-refractivity contribution in [3.8, 4) is 5.82 Å². The lowest BCUT2D eigenvalue weighted by Crippen LogP contribution is -2.41. The Morgan fingerprint density at radius 2 is 1.85 bits per heavy atom. The summed E-state index contributed by atoms with van der Waals surface area (Å²) in [6.45, 7) is 7.39. The lowest BCUT2D eigenvalue weighted by Gasteiger charge is -2.33. The van der Waals surface area contributed by atoms with Gasteiger partial charge in [0, 0.05) is 35.9 Å². The van der Waals surface area contributed by atoms with Crippen LogP contribution >= 0.6 is 0 Å². The van der Waals surface area contributed by atoms with Gasteiger partial charge in [0.1, 0.15) is 12.1 Å². The number of para-hydroxylation sites is 1. The molecular formula is C25H27N7O. The molecule has 8 heteroatoms. The van der Waals surface area contributed by atoms with Gasteiger partial charge in [0.05, 0.1) is 22.8 Å². The molecule has 0 aliphatic carbocycles. The number of anilines is 2. The van der Waals surface area contributed by atoms with E-state index in [1.54, 1.807) is 6.33 Å². The van der Waals surface area contributed by atoms with E-state index in [1.807, 2.05) is 67.9 Å². The highest BCUT2D eigenvalue weighted by Gasteiger charge is 2.27. The Morgan fingerprint density at radius 3 is 2.67 bits per heavy atom. The molecule has 4 heterocycles. The van der Waals surface area contributed by atoms with Crippen LogP contribution in [0.5, 0.6) is 0 Å². The molecule has 1 fully saturated rings. The summed E-state index contributed by atoms with van der Waals surface area (Å²) in [5.74, 6) is 1.45. The summed E-state index contributed by atoms with van der Waals surface area (Å²) >= 11 is 0. The van der Waals surface area contributed by atoms with Gasteiger partial charge in [0.15, 0.2) is 5.82 Å². The Balaban J connectivity index is 1.35. The summed E-state index contributed by atoms with van der Waals surface area (Å²) in [5.41, 5.74) is 4.55. The lowest BCUT2D eigenvalue weighted by molar-refractivity contribution is -0.120. The van der Waals surface area contributed by atoms with Crippen LogP contribution in [-0.4, -0.2) is 43.7 Å². The van der Waals surface area contributed by atoms with E-state index >= 15 is 0 Å². The first kappa shape index (κ1) is 21.1. The number of rotatable bonds is 4. The van der Waals surface area contributed by atoms with Gasteiger partial charge in [-0.05, 0) is 51.8 Å². The van der Waals surface area contributed by atoms with Gasteiger partial charge >= 0.3 is 0 Å². The molecule has 1 aliphatic heterocycles. The second-order valence-corrected chi connectivity index (χ2v) is 8.68. The molecule has 1 aromatic carbocycles. The molecule has 8 nitrogen and oxygen atoms in total. The number of piperidine rings is 1. The summed E-state index contributed by atoms with van der Waals surface area (Å²) in [4.78, 5) is 28.9. The summed E-state index contributed by atoms with van der Waals surface area (Å²) < 4.78 is 1.82. The van der Waals surface area contributed by atoms with Gasteiger partial charge < -0.3 is 10.2 Å². The Bertz CT molecular complexity index is 1330. The smallest absolute Gasteiger partial charge is 0.229 e. The summed E-state index contributed by atoms with van der Waals surface area (Å²) in [7, 11) is 0.